The van der Waals surface area contributed by atoms with E-state index in [0.717, 1.165) is 23.9 Å². The van der Waals surface area contributed by atoms with Gasteiger partial charge in [-0.25, -0.2) is 4.39 Å². The molecule has 0 spiro atoms. The molecule has 1 aromatic carbocycles. The van der Waals surface area contributed by atoms with E-state index in [1.165, 1.54) is 0 Å². The van der Waals surface area contributed by atoms with Crippen LogP contribution in [0.3, 0.4) is 0 Å². The van der Waals surface area contributed by atoms with Gasteiger partial charge in [-0.1, -0.05) is 0 Å². The van der Waals surface area contributed by atoms with Gasteiger partial charge < -0.3 is 5.11 Å². The molecule has 15 heavy (non-hydrogen) atoms. The van der Waals surface area contributed by atoms with Crippen LogP contribution in [0.1, 0.15) is 5.56 Å². The third-order valence-corrected chi connectivity index (χ3v) is 2.64. The molecule has 1 rings (SSSR count). The molecule has 0 unspecified atom stereocenters. The monoisotopic (exact) mass is 240 g/mol. The second-order valence-corrected chi connectivity index (χ2v) is 3.85. The lowest BCUT2D eigenvalue weighted by molar-refractivity contribution is -0.137. The van der Waals surface area contributed by atoms with Gasteiger partial charge in [-0.05, 0) is 18.2 Å². The Kier molecular flexibility index (Phi) is 3.98. The molecule has 84 valence electrons. The smallest absolute Gasteiger partial charge is 0.396 e. The Morgan fingerprint density at radius 1 is 1.27 bits per heavy atom. The molecule has 0 saturated heterocycles. The number of rotatable bonds is 3. The van der Waals surface area contributed by atoms with Crippen LogP contribution >= 0.6 is 11.8 Å². The van der Waals surface area contributed by atoms with Crippen molar-refractivity contribution in [1.82, 2.24) is 0 Å². The van der Waals surface area contributed by atoms with Crippen LogP contribution in [0.2, 0.25) is 0 Å². The normalized spacial score (nSPS) is 11.8. The fourth-order valence-corrected chi connectivity index (χ4v) is 1.62. The Bertz CT molecular complexity index is 337. The van der Waals surface area contributed by atoms with Crippen molar-refractivity contribution in [1.29, 1.82) is 0 Å². The molecule has 0 fully saturated rings. The summed E-state index contributed by atoms with van der Waals surface area (Å²) in [6.07, 6.45) is -4.53. The van der Waals surface area contributed by atoms with Crippen LogP contribution in [0.5, 0.6) is 0 Å². The molecule has 0 amide bonds. The zero-order valence-electron chi connectivity index (χ0n) is 7.51. The second-order valence-electron chi connectivity index (χ2n) is 2.72. The molecule has 6 heteroatoms. The molecule has 0 aromatic heterocycles. The van der Waals surface area contributed by atoms with Crippen LogP contribution in [0.25, 0.3) is 0 Å². The third kappa shape index (κ3) is 3.39. The summed E-state index contributed by atoms with van der Waals surface area (Å²) < 4.78 is 49.5. The first kappa shape index (κ1) is 12.3. The summed E-state index contributed by atoms with van der Waals surface area (Å²) in [5, 5.41) is 8.48. The van der Waals surface area contributed by atoms with E-state index in [4.69, 9.17) is 5.11 Å². The summed E-state index contributed by atoms with van der Waals surface area (Å²) in [7, 11) is 0. The maximum absolute atomic E-state index is 13.1. The Morgan fingerprint density at radius 3 is 2.40 bits per heavy atom. The summed E-state index contributed by atoms with van der Waals surface area (Å²) in [6, 6.07) is 2.35. The van der Waals surface area contributed by atoms with E-state index >= 15 is 0 Å². The first-order valence-corrected chi connectivity index (χ1v) is 5.04. The van der Waals surface area contributed by atoms with Crippen LogP contribution in [-0.4, -0.2) is 17.5 Å². The van der Waals surface area contributed by atoms with Crippen molar-refractivity contribution in [2.24, 2.45) is 0 Å². The van der Waals surface area contributed by atoms with Crippen molar-refractivity contribution in [2.75, 3.05) is 12.4 Å². The Hall–Kier alpha value is -0.750. The van der Waals surface area contributed by atoms with Gasteiger partial charge in [0.15, 0.2) is 0 Å². The van der Waals surface area contributed by atoms with E-state index in [2.05, 4.69) is 0 Å². The van der Waals surface area contributed by atoms with Gasteiger partial charge >= 0.3 is 6.18 Å². The molecule has 0 aliphatic rings. The molecule has 0 bridgehead atoms. The molecular formula is C9H8F4OS. The fraction of sp³-hybridized carbons (Fsp3) is 0.333. The lowest BCUT2D eigenvalue weighted by Gasteiger charge is -2.08. The Labute approximate surface area is 88.1 Å². The quantitative estimate of drug-likeness (QED) is 0.647. The number of halogens is 4. The average Bonchev–Trinajstić information content (AvgIpc) is 2.14. The molecule has 1 nitrogen and oxygen atoms in total. The zero-order chi connectivity index (χ0) is 11.5. The molecule has 0 aliphatic carbocycles. The van der Waals surface area contributed by atoms with Crippen LogP contribution in [0, 0.1) is 5.82 Å². The molecule has 0 radical (unpaired) electrons. The van der Waals surface area contributed by atoms with Crippen molar-refractivity contribution in [2.45, 2.75) is 11.1 Å². The molecule has 1 N–H and O–H groups in total. The third-order valence-electron chi connectivity index (χ3n) is 1.61. The lowest BCUT2D eigenvalue weighted by Crippen LogP contribution is -2.05. The second kappa shape index (κ2) is 4.85. The predicted octanol–water partition coefficient (Wildman–Crippen LogP) is 2.93. The number of aliphatic hydroxyl groups excluding tert-OH is 1. The highest BCUT2D eigenvalue weighted by molar-refractivity contribution is 7.99. The number of thioether (sulfide) groups is 1. The molecule has 0 heterocycles. The molecule has 1 aromatic rings. The number of hydrogen-bond acceptors (Lipinski definition) is 2. The summed E-state index contributed by atoms with van der Waals surface area (Å²) in [5.41, 5.74) is -1.01. The van der Waals surface area contributed by atoms with E-state index in [1.54, 1.807) is 0 Å². The van der Waals surface area contributed by atoms with Gasteiger partial charge in [0.1, 0.15) is 5.82 Å². The van der Waals surface area contributed by atoms with Gasteiger partial charge in [0.2, 0.25) is 0 Å². The number of benzene rings is 1. The van der Waals surface area contributed by atoms with E-state index in [-0.39, 0.29) is 17.3 Å². The average molecular weight is 240 g/mol. The van der Waals surface area contributed by atoms with Crippen molar-refractivity contribution < 1.29 is 22.7 Å². The van der Waals surface area contributed by atoms with E-state index in [1.807, 2.05) is 0 Å². The summed E-state index contributed by atoms with van der Waals surface area (Å²) in [6.45, 7) is -0.148. The maximum Gasteiger partial charge on any atom is 0.416 e. The standard InChI is InChI=1S/C9H8F4OS/c10-7-5-6(9(11,12)13)1-2-8(7)15-4-3-14/h1-2,5,14H,3-4H2. The van der Waals surface area contributed by atoms with Gasteiger partial charge in [-0.2, -0.15) is 13.2 Å². The van der Waals surface area contributed by atoms with Crippen molar-refractivity contribution in [3.63, 3.8) is 0 Å². The minimum absolute atomic E-state index is 0.108. The summed E-state index contributed by atoms with van der Waals surface area (Å²) >= 11 is 0.974. The highest BCUT2D eigenvalue weighted by Gasteiger charge is 2.31. The van der Waals surface area contributed by atoms with Crippen molar-refractivity contribution >= 4 is 11.8 Å². The van der Waals surface area contributed by atoms with Crippen molar-refractivity contribution in [3.05, 3.63) is 29.6 Å². The van der Waals surface area contributed by atoms with Crippen LogP contribution in [0.15, 0.2) is 23.1 Å². The largest absolute Gasteiger partial charge is 0.416 e. The molecule has 0 atom stereocenters. The minimum atomic E-state index is -4.53. The SMILES string of the molecule is OCCSc1ccc(C(F)(F)F)cc1F. The maximum atomic E-state index is 13.1. The topological polar surface area (TPSA) is 20.2 Å². The fourth-order valence-electron chi connectivity index (χ4n) is 0.950. The van der Waals surface area contributed by atoms with Crippen LogP contribution in [0.4, 0.5) is 17.6 Å². The first-order chi connectivity index (χ1) is 6.95. The molecular weight excluding hydrogens is 232 g/mol. The van der Waals surface area contributed by atoms with Gasteiger partial charge in [0.25, 0.3) is 0 Å². The summed E-state index contributed by atoms with van der Waals surface area (Å²) in [5.74, 6) is -0.661. The van der Waals surface area contributed by atoms with Gasteiger partial charge in [-0.3, -0.25) is 0 Å². The Morgan fingerprint density at radius 2 is 1.93 bits per heavy atom. The van der Waals surface area contributed by atoms with Gasteiger partial charge in [-0.15, -0.1) is 11.8 Å². The van der Waals surface area contributed by atoms with Crippen LogP contribution < -0.4 is 0 Å². The van der Waals surface area contributed by atoms with Crippen molar-refractivity contribution in [3.8, 4) is 0 Å². The highest BCUT2D eigenvalue weighted by atomic mass is 32.2. The van der Waals surface area contributed by atoms with E-state index < -0.39 is 17.6 Å². The van der Waals surface area contributed by atoms with Gasteiger partial charge in [0, 0.05) is 10.6 Å². The van der Waals surface area contributed by atoms with Crippen LogP contribution in [-0.2, 0) is 6.18 Å². The zero-order valence-corrected chi connectivity index (χ0v) is 8.33. The number of hydrogen-bond donors (Lipinski definition) is 1. The predicted molar refractivity (Wildman–Crippen MR) is 49.2 cm³/mol. The number of aliphatic hydroxyl groups is 1. The number of alkyl halides is 3. The lowest BCUT2D eigenvalue weighted by atomic mass is 10.2. The minimum Gasteiger partial charge on any atom is -0.396 e. The first-order valence-electron chi connectivity index (χ1n) is 4.05. The van der Waals surface area contributed by atoms with Gasteiger partial charge in [0.05, 0.1) is 12.2 Å². The van der Waals surface area contributed by atoms with E-state index in [0.29, 0.717) is 6.07 Å². The van der Waals surface area contributed by atoms with E-state index in [9.17, 15) is 17.6 Å². The Balaban J connectivity index is 2.88. The highest BCUT2D eigenvalue weighted by Crippen LogP contribution is 2.32. The molecule has 0 saturated carbocycles. The summed E-state index contributed by atoms with van der Waals surface area (Å²) in [4.78, 5) is 0.108. The molecule has 0 aliphatic heterocycles.